The van der Waals surface area contributed by atoms with E-state index in [1.54, 1.807) is 13.4 Å². The van der Waals surface area contributed by atoms with E-state index in [-0.39, 0.29) is 0 Å². The van der Waals surface area contributed by atoms with Crippen LogP contribution in [0.4, 0.5) is 5.69 Å². The molecule has 4 rings (SSSR count). The lowest BCUT2D eigenvalue weighted by atomic mass is 10.2. The van der Waals surface area contributed by atoms with Crippen LogP contribution in [0.25, 0.3) is 5.69 Å². The molecule has 6 nitrogen and oxygen atoms in total. The fourth-order valence-electron chi connectivity index (χ4n) is 3.72. The maximum atomic E-state index is 5.25. The SMILES string of the molecule is COc1ccc(N2CCN(CCCc3nncn3-c3ccccc3)CC2)cc1. The van der Waals surface area contributed by atoms with Gasteiger partial charge in [0.15, 0.2) is 0 Å². The summed E-state index contributed by atoms with van der Waals surface area (Å²) in [6.07, 6.45) is 3.83. The molecule has 0 atom stereocenters. The van der Waals surface area contributed by atoms with Crippen LogP contribution in [-0.4, -0.2) is 59.5 Å². The second-order valence-electron chi connectivity index (χ2n) is 7.08. The van der Waals surface area contributed by atoms with Crippen molar-refractivity contribution in [3.63, 3.8) is 0 Å². The van der Waals surface area contributed by atoms with Gasteiger partial charge in [0.1, 0.15) is 17.9 Å². The number of rotatable bonds is 7. The summed E-state index contributed by atoms with van der Waals surface area (Å²) in [4.78, 5) is 4.99. The monoisotopic (exact) mass is 377 g/mol. The van der Waals surface area contributed by atoms with Crippen molar-refractivity contribution in [1.82, 2.24) is 19.7 Å². The van der Waals surface area contributed by atoms with E-state index in [1.165, 1.54) is 5.69 Å². The maximum absolute atomic E-state index is 5.25. The fraction of sp³-hybridized carbons (Fsp3) is 0.364. The van der Waals surface area contributed by atoms with Gasteiger partial charge in [0.05, 0.1) is 7.11 Å². The van der Waals surface area contributed by atoms with Crippen molar-refractivity contribution in [3.8, 4) is 11.4 Å². The minimum absolute atomic E-state index is 0.908. The number of methoxy groups -OCH3 is 1. The number of ether oxygens (including phenoxy) is 1. The molecule has 0 N–H and O–H groups in total. The number of para-hydroxylation sites is 1. The Labute approximate surface area is 166 Å². The highest BCUT2D eigenvalue weighted by Gasteiger charge is 2.17. The van der Waals surface area contributed by atoms with Gasteiger partial charge in [-0.05, 0) is 49.4 Å². The van der Waals surface area contributed by atoms with Gasteiger partial charge in [0.25, 0.3) is 0 Å². The molecule has 1 saturated heterocycles. The van der Waals surface area contributed by atoms with Crippen molar-refractivity contribution in [3.05, 3.63) is 66.7 Å². The van der Waals surface area contributed by atoms with E-state index in [9.17, 15) is 0 Å². The van der Waals surface area contributed by atoms with Crippen molar-refractivity contribution in [2.24, 2.45) is 0 Å². The van der Waals surface area contributed by atoms with Crippen molar-refractivity contribution >= 4 is 5.69 Å². The Morgan fingerprint density at radius 2 is 1.64 bits per heavy atom. The Morgan fingerprint density at radius 1 is 0.893 bits per heavy atom. The van der Waals surface area contributed by atoms with Crippen LogP contribution < -0.4 is 9.64 Å². The van der Waals surface area contributed by atoms with Crippen molar-refractivity contribution in [2.75, 3.05) is 44.7 Å². The molecule has 0 spiro atoms. The van der Waals surface area contributed by atoms with Crippen molar-refractivity contribution in [2.45, 2.75) is 12.8 Å². The molecule has 0 radical (unpaired) electrons. The zero-order valence-corrected chi connectivity index (χ0v) is 16.4. The number of hydrogen-bond donors (Lipinski definition) is 0. The molecule has 1 aliphatic heterocycles. The second kappa shape index (κ2) is 8.89. The molecule has 2 aromatic carbocycles. The van der Waals surface area contributed by atoms with E-state index >= 15 is 0 Å². The van der Waals surface area contributed by atoms with Gasteiger partial charge in [0.2, 0.25) is 0 Å². The second-order valence-corrected chi connectivity index (χ2v) is 7.08. The zero-order chi connectivity index (χ0) is 19.2. The lowest BCUT2D eigenvalue weighted by Gasteiger charge is -2.36. The average molecular weight is 377 g/mol. The molecule has 0 saturated carbocycles. The molecule has 0 unspecified atom stereocenters. The highest BCUT2D eigenvalue weighted by molar-refractivity contribution is 5.49. The van der Waals surface area contributed by atoms with Crippen molar-refractivity contribution in [1.29, 1.82) is 0 Å². The van der Waals surface area contributed by atoms with E-state index in [0.717, 1.165) is 62.8 Å². The predicted octanol–water partition coefficient (Wildman–Crippen LogP) is 3.03. The molecule has 6 heteroatoms. The molecule has 0 amide bonds. The number of hydrogen-bond acceptors (Lipinski definition) is 5. The Balaban J connectivity index is 1.25. The van der Waals surface area contributed by atoms with Crippen LogP contribution in [0, 0.1) is 0 Å². The van der Waals surface area contributed by atoms with Crippen LogP contribution in [0.3, 0.4) is 0 Å². The van der Waals surface area contributed by atoms with Crippen LogP contribution in [0.5, 0.6) is 5.75 Å². The fourth-order valence-corrected chi connectivity index (χ4v) is 3.72. The molecule has 0 aliphatic carbocycles. The lowest BCUT2D eigenvalue weighted by molar-refractivity contribution is 0.254. The molecule has 28 heavy (non-hydrogen) atoms. The number of anilines is 1. The highest BCUT2D eigenvalue weighted by atomic mass is 16.5. The van der Waals surface area contributed by atoms with Crippen LogP contribution in [0.2, 0.25) is 0 Å². The minimum Gasteiger partial charge on any atom is -0.497 e. The number of benzene rings is 2. The molecule has 3 aromatic rings. The largest absolute Gasteiger partial charge is 0.497 e. The summed E-state index contributed by atoms with van der Waals surface area (Å²) < 4.78 is 7.33. The Morgan fingerprint density at radius 3 is 2.36 bits per heavy atom. The zero-order valence-electron chi connectivity index (χ0n) is 16.4. The van der Waals surface area contributed by atoms with Gasteiger partial charge in [-0.2, -0.15) is 0 Å². The predicted molar refractivity (Wildman–Crippen MR) is 111 cm³/mol. The third-order valence-corrected chi connectivity index (χ3v) is 5.34. The molecule has 1 aliphatic rings. The third-order valence-electron chi connectivity index (χ3n) is 5.34. The summed E-state index contributed by atoms with van der Waals surface area (Å²) in [6, 6.07) is 18.6. The van der Waals surface area contributed by atoms with Crippen LogP contribution in [0.15, 0.2) is 60.9 Å². The highest BCUT2D eigenvalue weighted by Crippen LogP contribution is 2.20. The number of aromatic nitrogens is 3. The summed E-state index contributed by atoms with van der Waals surface area (Å²) in [7, 11) is 1.70. The Kier molecular flexibility index (Phi) is 5.87. The molecular formula is C22H27N5O. The Bertz CT molecular complexity index is 854. The number of aryl methyl sites for hydroxylation is 1. The maximum Gasteiger partial charge on any atom is 0.137 e. The molecule has 0 bridgehead atoms. The van der Waals surface area contributed by atoms with E-state index < -0.39 is 0 Å². The third kappa shape index (κ3) is 4.34. The van der Waals surface area contributed by atoms with E-state index in [4.69, 9.17) is 4.74 Å². The van der Waals surface area contributed by atoms with Gasteiger partial charge in [-0.15, -0.1) is 10.2 Å². The van der Waals surface area contributed by atoms with Crippen LogP contribution in [-0.2, 0) is 6.42 Å². The first-order valence-corrected chi connectivity index (χ1v) is 9.89. The van der Waals surface area contributed by atoms with Gasteiger partial charge >= 0.3 is 0 Å². The van der Waals surface area contributed by atoms with Gasteiger partial charge in [0, 0.05) is 44.0 Å². The average Bonchev–Trinajstić information content (AvgIpc) is 3.23. The smallest absolute Gasteiger partial charge is 0.137 e. The first-order chi connectivity index (χ1) is 13.8. The first kappa shape index (κ1) is 18.5. The molecule has 146 valence electrons. The lowest BCUT2D eigenvalue weighted by Crippen LogP contribution is -2.46. The van der Waals surface area contributed by atoms with Gasteiger partial charge in [-0.3, -0.25) is 9.47 Å². The topological polar surface area (TPSA) is 46.4 Å². The summed E-state index contributed by atoms with van der Waals surface area (Å²) >= 11 is 0. The summed E-state index contributed by atoms with van der Waals surface area (Å²) in [5, 5.41) is 8.42. The first-order valence-electron chi connectivity index (χ1n) is 9.89. The number of nitrogens with zero attached hydrogens (tertiary/aromatic N) is 5. The van der Waals surface area contributed by atoms with Gasteiger partial charge in [-0.25, -0.2) is 0 Å². The van der Waals surface area contributed by atoms with Crippen molar-refractivity contribution < 1.29 is 4.74 Å². The standard InChI is InChI=1S/C22H27N5O/c1-28-21-11-9-19(10-12-21)26-16-14-25(15-17-26)13-5-8-22-24-23-18-27(22)20-6-3-2-4-7-20/h2-4,6-7,9-12,18H,5,8,13-17H2,1H3. The molecule has 2 heterocycles. The Hall–Kier alpha value is -2.86. The molecule has 1 fully saturated rings. The molecule has 1 aromatic heterocycles. The number of piperazine rings is 1. The van der Waals surface area contributed by atoms with Gasteiger partial charge in [-0.1, -0.05) is 18.2 Å². The summed E-state index contributed by atoms with van der Waals surface area (Å²) in [5.74, 6) is 1.94. The summed E-state index contributed by atoms with van der Waals surface area (Å²) in [6.45, 7) is 5.41. The van der Waals surface area contributed by atoms with Crippen LogP contribution >= 0.6 is 0 Å². The quantitative estimate of drug-likeness (QED) is 0.633. The van der Waals surface area contributed by atoms with Crippen LogP contribution in [0.1, 0.15) is 12.2 Å². The van der Waals surface area contributed by atoms with E-state index in [1.807, 2.05) is 30.3 Å². The van der Waals surface area contributed by atoms with Gasteiger partial charge < -0.3 is 9.64 Å². The van der Waals surface area contributed by atoms with E-state index in [0.29, 0.717) is 0 Å². The minimum atomic E-state index is 0.908. The summed E-state index contributed by atoms with van der Waals surface area (Å²) in [5.41, 5.74) is 2.40. The molecular weight excluding hydrogens is 350 g/mol. The van der Waals surface area contributed by atoms with E-state index in [2.05, 4.69) is 48.8 Å². The normalized spacial score (nSPS) is 15.0.